The van der Waals surface area contributed by atoms with Gasteiger partial charge >= 0.3 is 0 Å². The molecule has 0 aliphatic heterocycles. The third kappa shape index (κ3) is 2.88. The minimum atomic E-state index is 0.430. The molecule has 1 N–H and O–H groups in total. The lowest BCUT2D eigenvalue weighted by atomic mass is 9.95. The van der Waals surface area contributed by atoms with Crippen LogP contribution < -0.4 is 5.32 Å². The lowest BCUT2D eigenvalue weighted by Gasteiger charge is -2.18. The predicted molar refractivity (Wildman–Crippen MR) is 68.8 cm³/mol. The highest BCUT2D eigenvalue weighted by Gasteiger charge is 2.19. The molecule has 92 valence electrons. The van der Waals surface area contributed by atoms with Crippen LogP contribution >= 0.6 is 0 Å². The fourth-order valence-electron chi connectivity index (χ4n) is 2.25. The molecule has 0 radical (unpaired) electrons. The van der Waals surface area contributed by atoms with Gasteiger partial charge in [-0.25, -0.2) is 0 Å². The second-order valence-electron chi connectivity index (χ2n) is 5.07. The van der Waals surface area contributed by atoms with Crippen LogP contribution in [-0.4, -0.2) is 7.05 Å². The van der Waals surface area contributed by atoms with Gasteiger partial charge in [0.15, 0.2) is 0 Å². The molecule has 0 aliphatic carbocycles. The van der Waals surface area contributed by atoms with E-state index in [4.69, 9.17) is 4.42 Å². The number of hydrogen-bond acceptors (Lipinski definition) is 2. The molecule has 0 aliphatic rings. The summed E-state index contributed by atoms with van der Waals surface area (Å²) in [6, 6.07) is 0.430. The van der Waals surface area contributed by atoms with Gasteiger partial charge in [-0.15, -0.1) is 0 Å². The third-order valence-corrected chi connectivity index (χ3v) is 3.35. The van der Waals surface area contributed by atoms with Crippen molar-refractivity contribution in [2.45, 2.75) is 53.5 Å². The SMILES string of the molecule is CNC(CCC(C)C)c1c(C)oc(C)c1C. The van der Waals surface area contributed by atoms with Crippen LogP contribution in [0.15, 0.2) is 4.42 Å². The summed E-state index contributed by atoms with van der Waals surface area (Å²) < 4.78 is 5.69. The average molecular weight is 223 g/mol. The van der Waals surface area contributed by atoms with Crippen LogP contribution in [0.2, 0.25) is 0 Å². The number of hydrogen-bond donors (Lipinski definition) is 1. The monoisotopic (exact) mass is 223 g/mol. The maximum atomic E-state index is 5.69. The Morgan fingerprint density at radius 2 is 1.69 bits per heavy atom. The highest BCUT2D eigenvalue weighted by Crippen LogP contribution is 2.30. The van der Waals surface area contributed by atoms with Crippen molar-refractivity contribution in [3.05, 3.63) is 22.6 Å². The lowest BCUT2D eigenvalue weighted by Crippen LogP contribution is -2.18. The van der Waals surface area contributed by atoms with Crippen molar-refractivity contribution in [1.29, 1.82) is 0 Å². The van der Waals surface area contributed by atoms with Crippen LogP contribution in [0.25, 0.3) is 0 Å². The van der Waals surface area contributed by atoms with E-state index in [1.807, 2.05) is 14.0 Å². The molecule has 16 heavy (non-hydrogen) atoms. The molecular weight excluding hydrogens is 198 g/mol. The van der Waals surface area contributed by atoms with E-state index in [0.29, 0.717) is 6.04 Å². The molecule has 0 fully saturated rings. The van der Waals surface area contributed by atoms with Gasteiger partial charge in [0.2, 0.25) is 0 Å². The molecule has 1 atom stereocenters. The van der Waals surface area contributed by atoms with Gasteiger partial charge in [-0.05, 0) is 52.1 Å². The Morgan fingerprint density at radius 1 is 1.06 bits per heavy atom. The number of aryl methyl sites for hydroxylation is 2. The van der Waals surface area contributed by atoms with Gasteiger partial charge in [0, 0.05) is 11.6 Å². The number of furan rings is 1. The quantitative estimate of drug-likeness (QED) is 0.819. The van der Waals surface area contributed by atoms with Gasteiger partial charge in [-0.2, -0.15) is 0 Å². The van der Waals surface area contributed by atoms with Crippen LogP contribution in [0.3, 0.4) is 0 Å². The summed E-state index contributed by atoms with van der Waals surface area (Å²) in [4.78, 5) is 0. The molecule has 1 unspecified atom stereocenters. The first-order valence-electron chi connectivity index (χ1n) is 6.21. The summed E-state index contributed by atoms with van der Waals surface area (Å²) in [5, 5.41) is 3.41. The van der Waals surface area contributed by atoms with E-state index in [9.17, 15) is 0 Å². The molecular formula is C14H25NO. The molecule has 0 aromatic carbocycles. The van der Waals surface area contributed by atoms with Crippen molar-refractivity contribution in [1.82, 2.24) is 5.32 Å². The van der Waals surface area contributed by atoms with E-state index in [1.165, 1.54) is 24.0 Å². The highest BCUT2D eigenvalue weighted by molar-refractivity contribution is 5.34. The Hall–Kier alpha value is -0.760. The normalized spacial score (nSPS) is 13.4. The van der Waals surface area contributed by atoms with E-state index >= 15 is 0 Å². The van der Waals surface area contributed by atoms with Crippen molar-refractivity contribution >= 4 is 0 Å². The zero-order valence-corrected chi connectivity index (χ0v) is 11.5. The van der Waals surface area contributed by atoms with E-state index in [0.717, 1.165) is 17.4 Å². The molecule has 1 aromatic rings. The predicted octanol–water partition coefficient (Wildman–Crippen LogP) is 3.90. The van der Waals surface area contributed by atoms with Crippen LogP contribution in [0.4, 0.5) is 0 Å². The van der Waals surface area contributed by atoms with Crippen LogP contribution in [0.5, 0.6) is 0 Å². The minimum Gasteiger partial charge on any atom is -0.466 e. The topological polar surface area (TPSA) is 25.2 Å². The molecule has 0 saturated carbocycles. The first-order valence-corrected chi connectivity index (χ1v) is 6.21. The van der Waals surface area contributed by atoms with Gasteiger partial charge in [-0.1, -0.05) is 13.8 Å². The Kier molecular flexibility index (Phi) is 4.60. The van der Waals surface area contributed by atoms with Gasteiger partial charge < -0.3 is 9.73 Å². The summed E-state index contributed by atoms with van der Waals surface area (Å²) in [6.45, 7) is 10.8. The van der Waals surface area contributed by atoms with Gasteiger partial charge in [0.25, 0.3) is 0 Å². The minimum absolute atomic E-state index is 0.430. The van der Waals surface area contributed by atoms with Crippen molar-refractivity contribution in [2.75, 3.05) is 7.05 Å². The summed E-state index contributed by atoms with van der Waals surface area (Å²) in [5.41, 5.74) is 2.67. The molecule has 2 heteroatoms. The third-order valence-electron chi connectivity index (χ3n) is 3.35. The smallest absolute Gasteiger partial charge is 0.106 e. The van der Waals surface area contributed by atoms with E-state index < -0.39 is 0 Å². The molecule has 1 aromatic heterocycles. The molecule has 1 rings (SSSR count). The first-order chi connectivity index (χ1) is 7.47. The Morgan fingerprint density at radius 3 is 2.06 bits per heavy atom. The fraction of sp³-hybridized carbons (Fsp3) is 0.714. The summed E-state index contributed by atoms with van der Waals surface area (Å²) >= 11 is 0. The van der Waals surface area contributed by atoms with E-state index in [1.54, 1.807) is 0 Å². The lowest BCUT2D eigenvalue weighted by molar-refractivity contribution is 0.450. The Bertz CT molecular complexity index is 339. The maximum absolute atomic E-state index is 5.69. The van der Waals surface area contributed by atoms with Crippen molar-refractivity contribution in [3.8, 4) is 0 Å². The molecule has 0 amide bonds. The molecule has 0 saturated heterocycles. The summed E-state index contributed by atoms with van der Waals surface area (Å²) in [5.74, 6) is 2.87. The fourth-order valence-corrected chi connectivity index (χ4v) is 2.25. The van der Waals surface area contributed by atoms with Crippen LogP contribution in [-0.2, 0) is 0 Å². The van der Waals surface area contributed by atoms with Crippen molar-refractivity contribution < 1.29 is 4.42 Å². The summed E-state index contributed by atoms with van der Waals surface area (Å²) in [7, 11) is 2.03. The second-order valence-corrected chi connectivity index (χ2v) is 5.07. The van der Waals surface area contributed by atoms with Crippen LogP contribution in [0.1, 0.15) is 55.4 Å². The number of rotatable bonds is 5. The largest absolute Gasteiger partial charge is 0.466 e. The Labute approximate surface area is 99.4 Å². The first kappa shape index (κ1) is 13.3. The molecule has 0 bridgehead atoms. The van der Waals surface area contributed by atoms with E-state index in [2.05, 4.69) is 33.0 Å². The Balaban J connectivity index is 2.86. The van der Waals surface area contributed by atoms with Crippen molar-refractivity contribution in [2.24, 2.45) is 5.92 Å². The van der Waals surface area contributed by atoms with Gasteiger partial charge in [0.05, 0.1) is 0 Å². The zero-order valence-electron chi connectivity index (χ0n) is 11.5. The second kappa shape index (κ2) is 5.53. The van der Waals surface area contributed by atoms with Crippen LogP contribution in [0, 0.1) is 26.7 Å². The zero-order chi connectivity index (χ0) is 12.3. The summed E-state index contributed by atoms with van der Waals surface area (Å²) in [6.07, 6.45) is 2.42. The molecule has 2 nitrogen and oxygen atoms in total. The van der Waals surface area contributed by atoms with Gasteiger partial charge in [-0.3, -0.25) is 0 Å². The molecule has 1 heterocycles. The van der Waals surface area contributed by atoms with E-state index in [-0.39, 0.29) is 0 Å². The average Bonchev–Trinajstić information content (AvgIpc) is 2.45. The number of nitrogens with one attached hydrogen (secondary N) is 1. The highest BCUT2D eigenvalue weighted by atomic mass is 16.3. The van der Waals surface area contributed by atoms with Gasteiger partial charge in [0.1, 0.15) is 11.5 Å². The standard InChI is InChI=1S/C14H25NO/c1-9(2)7-8-13(15-6)14-10(3)11(4)16-12(14)5/h9,13,15H,7-8H2,1-6H3. The van der Waals surface area contributed by atoms with Crippen molar-refractivity contribution in [3.63, 3.8) is 0 Å². The maximum Gasteiger partial charge on any atom is 0.106 e. The molecule has 0 spiro atoms.